The smallest absolute Gasteiger partial charge is 0.255 e. The summed E-state index contributed by atoms with van der Waals surface area (Å²) in [6.07, 6.45) is 0.860. The van der Waals surface area contributed by atoms with Gasteiger partial charge in [0.2, 0.25) is 0 Å². The summed E-state index contributed by atoms with van der Waals surface area (Å²) < 4.78 is 6.72. The van der Waals surface area contributed by atoms with Crippen molar-refractivity contribution < 1.29 is 9.53 Å². The van der Waals surface area contributed by atoms with Crippen LogP contribution in [-0.4, -0.2) is 26.1 Å². The lowest BCUT2D eigenvalue weighted by molar-refractivity contribution is 0.0887. The fourth-order valence-electron chi connectivity index (χ4n) is 3.08. The first kappa shape index (κ1) is 23.5. The molecule has 0 saturated heterocycles. The van der Waals surface area contributed by atoms with Gasteiger partial charge in [-0.25, -0.2) is 0 Å². The Morgan fingerprint density at radius 1 is 1.19 bits per heavy atom. The van der Waals surface area contributed by atoms with Crippen molar-refractivity contribution in [2.24, 2.45) is 5.41 Å². The first-order valence-corrected chi connectivity index (χ1v) is 13.9. The molecule has 0 radical (unpaired) electrons. The van der Waals surface area contributed by atoms with E-state index in [0.717, 1.165) is 16.9 Å². The molecule has 0 atom stereocenters. The number of hydrogen-bond donors (Lipinski definition) is 1. The Labute approximate surface area is 173 Å². The van der Waals surface area contributed by atoms with E-state index in [1.165, 1.54) is 0 Å². The second-order valence-corrected chi connectivity index (χ2v) is 16.9. The number of benzene rings is 1. The van der Waals surface area contributed by atoms with E-state index in [9.17, 15) is 4.79 Å². The highest BCUT2D eigenvalue weighted by Crippen LogP contribution is 2.34. The van der Waals surface area contributed by atoms with Crippen LogP contribution in [0, 0.1) is 5.41 Å². The molecule has 6 heteroatoms. The van der Waals surface area contributed by atoms with Crippen LogP contribution in [0.25, 0.3) is 0 Å². The molecule has 0 aromatic heterocycles. The molecule has 26 heavy (non-hydrogen) atoms. The van der Waals surface area contributed by atoms with Crippen LogP contribution in [0.3, 0.4) is 0 Å². The summed E-state index contributed by atoms with van der Waals surface area (Å²) in [4.78, 5) is 13.0. The van der Waals surface area contributed by atoms with Gasteiger partial charge in [-0.15, -0.1) is 0 Å². The third kappa shape index (κ3) is 8.44. The van der Waals surface area contributed by atoms with Gasteiger partial charge in [0.1, 0.15) is 0 Å². The second-order valence-electron chi connectivity index (χ2n) is 10.00. The molecule has 3 nitrogen and oxygen atoms in total. The van der Waals surface area contributed by atoms with Crippen molar-refractivity contribution in [2.75, 3.05) is 6.61 Å². The molecule has 1 aromatic rings. The Hall–Kier alpha value is -0.523. The fraction of sp³-hybridized carbons (Fsp3) is 0.650. The molecular weight excluding hydrogens is 430 g/mol. The van der Waals surface area contributed by atoms with Gasteiger partial charge >= 0.3 is 0 Å². The van der Waals surface area contributed by atoms with Crippen LogP contribution in [0.5, 0.6) is 5.75 Å². The minimum Gasteiger partial charge on any atom is -0.491 e. The van der Waals surface area contributed by atoms with Crippen LogP contribution < -0.4 is 10.1 Å². The molecule has 1 aromatic carbocycles. The van der Waals surface area contributed by atoms with Gasteiger partial charge in [0.05, 0.1) is 17.2 Å². The quantitative estimate of drug-likeness (QED) is 0.454. The highest BCUT2D eigenvalue weighted by Gasteiger charge is 2.29. The maximum atomic E-state index is 13.0. The van der Waals surface area contributed by atoms with Crippen molar-refractivity contribution in [1.29, 1.82) is 0 Å². The van der Waals surface area contributed by atoms with Crippen molar-refractivity contribution >= 4 is 41.5 Å². The SMILES string of the molecule is CC(C)(C)CC(C)(C)NC(=O)c1cc(Br)cc(Cl)c1OCC[Si](C)(C)C. The summed E-state index contributed by atoms with van der Waals surface area (Å²) in [7, 11) is -1.23. The molecule has 0 spiro atoms. The molecule has 1 amide bonds. The largest absolute Gasteiger partial charge is 0.491 e. The number of carbonyl (C=O) groups is 1. The minimum absolute atomic E-state index is 0.113. The topological polar surface area (TPSA) is 38.3 Å². The molecule has 0 bridgehead atoms. The van der Waals surface area contributed by atoms with Gasteiger partial charge in [-0.1, -0.05) is 67.9 Å². The van der Waals surface area contributed by atoms with Crippen molar-refractivity contribution in [1.82, 2.24) is 5.32 Å². The highest BCUT2D eigenvalue weighted by atomic mass is 79.9. The van der Waals surface area contributed by atoms with Crippen molar-refractivity contribution in [3.8, 4) is 5.75 Å². The predicted molar refractivity (Wildman–Crippen MR) is 118 cm³/mol. The van der Waals surface area contributed by atoms with Crippen LogP contribution in [0.15, 0.2) is 16.6 Å². The zero-order valence-corrected chi connectivity index (χ0v) is 20.7. The van der Waals surface area contributed by atoms with Crippen LogP contribution in [0.4, 0.5) is 0 Å². The summed E-state index contributed by atoms with van der Waals surface area (Å²) in [5.41, 5.74) is 0.254. The molecule has 0 saturated carbocycles. The Kier molecular flexibility index (Phi) is 7.83. The third-order valence-corrected chi connectivity index (χ3v) is 6.22. The molecule has 0 unspecified atom stereocenters. The van der Waals surface area contributed by atoms with Gasteiger partial charge in [-0.05, 0) is 43.9 Å². The highest BCUT2D eigenvalue weighted by molar-refractivity contribution is 9.10. The maximum Gasteiger partial charge on any atom is 0.255 e. The number of carbonyl (C=O) groups excluding carboxylic acids is 1. The maximum absolute atomic E-state index is 13.0. The summed E-state index contributed by atoms with van der Waals surface area (Å²) in [5.74, 6) is 0.308. The van der Waals surface area contributed by atoms with E-state index < -0.39 is 8.07 Å². The Morgan fingerprint density at radius 2 is 1.77 bits per heavy atom. The number of hydrogen-bond acceptors (Lipinski definition) is 2. The molecule has 0 heterocycles. The molecular formula is C20H33BrClNO2Si. The number of rotatable bonds is 7. The minimum atomic E-state index is -1.23. The number of ether oxygens (including phenoxy) is 1. The molecule has 1 rings (SSSR count). The van der Waals surface area contributed by atoms with Crippen LogP contribution in [-0.2, 0) is 0 Å². The summed E-state index contributed by atoms with van der Waals surface area (Å²) in [6.45, 7) is 18.0. The van der Waals surface area contributed by atoms with Crippen LogP contribution in [0.1, 0.15) is 51.4 Å². The third-order valence-electron chi connectivity index (χ3n) is 3.78. The van der Waals surface area contributed by atoms with E-state index in [1.807, 2.05) is 13.8 Å². The van der Waals surface area contributed by atoms with E-state index in [1.54, 1.807) is 12.1 Å². The number of amides is 1. The number of nitrogens with one attached hydrogen (secondary N) is 1. The zero-order valence-electron chi connectivity index (χ0n) is 17.3. The van der Waals surface area contributed by atoms with E-state index in [-0.39, 0.29) is 16.9 Å². The predicted octanol–water partition coefficient (Wildman–Crippen LogP) is 6.76. The van der Waals surface area contributed by atoms with Crippen molar-refractivity contribution in [3.63, 3.8) is 0 Å². The molecule has 148 valence electrons. The van der Waals surface area contributed by atoms with Crippen LogP contribution in [0.2, 0.25) is 30.7 Å². The molecule has 0 aliphatic carbocycles. The van der Waals surface area contributed by atoms with Gasteiger partial charge in [0.15, 0.2) is 5.75 Å². The van der Waals surface area contributed by atoms with Gasteiger partial charge < -0.3 is 10.1 Å². The second kappa shape index (κ2) is 8.66. The van der Waals surface area contributed by atoms with E-state index >= 15 is 0 Å². The van der Waals surface area contributed by atoms with Gasteiger partial charge in [0, 0.05) is 18.1 Å². The first-order valence-electron chi connectivity index (χ1n) is 9.04. The lowest BCUT2D eigenvalue weighted by atomic mass is 9.81. The van der Waals surface area contributed by atoms with Crippen molar-refractivity contribution in [2.45, 2.75) is 72.3 Å². The normalized spacial score (nSPS) is 12.8. The monoisotopic (exact) mass is 461 g/mol. The average Bonchev–Trinajstić information content (AvgIpc) is 2.35. The van der Waals surface area contributed by atoms with Crippen molar-refractivity contribution in [3.05, 3.63) is 27.2 Å². The Bertz CT molecular complexity index is 648. The molecule has 0 aliphatic heterocycles. The number of halogens is 2. The van der Waals surface area contributed by atoms with Gasteiger partial charge in [-0.2, -0.15) is 0 Å². The summed E-state index contributed by atoms with van der Waals surface area (Å²) in [6, 6.07) is 4.55. The molecule has 0 aliphatic rings. The summed E-state index contributed by atoms with van der Waals surface area (Å²) >= 11 is 9.81. The van der Waals surface area contributed by atoms with Gasteiger partial charge in [0.25, 0.3) is 5.91 Å². The lowest BCUT2D eigenvalue weighted by Gasteiger charge is -2.33. The standard InChI is InChI=1S/C20H33BrClNO2Si/c1-19(2,3)13-20(4,5)23-18(24)15-11-14(21)12-16(22)17(15)25-9-10-26(6,7)8/h11-12H,9-10,13H2,1-8H3,(H,23,24). The Morgan fingerprint density at radius 3 is 2.27 bits per heavy atom. The molecule has 1 N–H and O–H groups in total. The van der Waals surface area contributed by atoms with Crippen LogP contribution >= 0.6 is 27.5 Å². The fourth-order valence-corrected chi connectivity index (χ4v) is 4.66. The average molecular weight is 463 g/mol. The van der Waals surface area contributed by atoms with E-state index in [2.05, 4.69) is 61.7 Å². The zero-order chi connectivity index (χ0) is 20.3. The van der Waals surface area contributed by atoms with E-state index in [4.69, 9.17) is 16.3 Å². The lowest BCUT2D eigenvalue weighted by Crippen LogP contribution is -2.45. The Balaban J connectivity index is 3.04. The van der Waals surface area contributed by atoms with Gasteiger partial charge in [-0.3, -0.25) is 4.79 Å². The first-order chi connectivity index (χ1) is 11.6. The van der Waals surface area contributed by atoms with E-state index in [0.29, 0.717) is 22.9 Å². The molecule has 0 fully saturated rings. The summed E-state index contributed by atoms with van der Waals surface area (Å²) in [5, 5.41) is 3.59.